The molecule has 3 aromatic heterocycles. The van der Waals surface area contributed by atoms with Crippen molar-refractivity contribution in [2.24, 2.45) is 0 Å². The van der Waals surface area contributed by atoms with Crippen LogP contribution in [0, 0.1) is 6.92 Å². The van der Waals surface area contributed by atoms with Gasteiger partial charge in [0.25, 0.3) is 0 Å². The Balaban J connectivity index is 2.09. The van der Waals surface area contributed by atoms with Crippen LogP contribution in [0.3, 0.4) is 0 Å². The van der Waals surface area contributed by atoms with Crippen molar-refractivity contribution in [2.75, 3.05) is 5.73 Å². The molecule has 3 heterocycles. The van der Waals surface area contributed by atoms with Crippen LogP contribution in [-0.4, -0.2) is 24.6 Å². The van der Waals surface area contributed by atoms with Gasteiger partial charge in [-0.2, -0.15) is 13.2 Å². The first-order valence-electron chi connectivity index (χ1n) is 7.95. The number of hydrogen-bond acceptors (Lipinski definition) is 5. The average Bonchev–Trinajstić information content (AvgIpc) is 3.11. The summed E-state index contributed by atoms with van der Waals surface area (Å²) in [5, 5.41) is 7.89. The van der Waals surface area contributed by atoms with Crippen molar-refractivity contribution in [2.45, 2.75) is 13.1 Å². The number of alkyl halides is 3. The largest absolute Gasteiger partial charge is 0.433 e. The number of benzene rings is 1. The zero-order valence-corrected chi connectivity index (χ0v) is 14.1. The smallest absolute Gasteiger partial charge is 0.369 e. The first-order chi connectivity index (χ1) is 12.8. The Morgan fingerprint density at radius 1 is 1.00 bits per heavy atom. The van der Waals surface area contributed by atoms with Crippen molar-refractivity contribution >= 4 is 11.6 Å². The van der Waals surface area contributed by atoms with Crippen LogP contribution in [0.1, 0.15) is 11.4 Å². The molecule has 0 bridgehead atoms. The molecule has 0 fully saturated rings. The highest BCUT2D eigenvalue weighted by Crippen LogP contribution is 2.37. The lowest BCUT2D eigenvalue weighted by atomic mass is 9.99. The van der Waals surface area contributed by atoms with Crippen LogP contribution in [0.2, 0.25) is 0 Å². The lowest BCUT2D eigenvalue weighted by Gasteiger charge is -2.14. The molecule has 0 aliphatic rings. The fourth-order valence-electron chi connectivity index (χ4n) is 2.93. The van der Waals surface area contributed by atoms with Crippen molar-refractivity contribution in [3.8, 4) is 22.4 Å². The van der Waals surface area contributed by atoms with E-state index in [1.54, 1.807) is 18.2 Å². The molecule has 0 aliphatic heterocycles. The van der Waals surface area contributed by atoms with Crippen LogP contribution in [0.4, 0.5) is 19.1 Å². The van der Waals surface area contributed by atoms with Gasteiger partial charge in [-0.05, 0) is 24.6 Å². The van der Waals surface area contributed by atoms with E-state index in [1.165, 1.54) is 17.7 Å². The summed E-state index contributed by atoms with van der Waals surface area (Å²) in [6, 6.07) is 11.6. The van der Waals surface area contributed by atoms with Crippen LogP contribution in [-0.2, 0) is 6.18 Å². The molecule has 6 nitrogen and oxygen atoms in total. The molecular weight excluding hydrogens is 357 g/mol. The molecule has 0 unspecified atom stereocenters. The Morgan fingerprint density at radius 3 is 2.44 bits per heavy atom. The van der Waals surface area contributed by atoms with E-state index in [-0.39, 0.29) is 11.6 Å². The molecule has 9 heteroatoms. The van der Waals surface area contributed by atoms with Crippen LogP contribution >= 0.6 is 0 Å². The number of nitrogen functional groups attached to an aromatic ring is 1. The first-order valence-corrected chi connectivity index (χ1v) is 7.95. The third kappa shape index (κ3) is 2.97. The van der Waals surface area contributed by atoms with E-state index >= 15 is 0 Å². The second-order valence-corrected chi connectivity index (χ2v) is 5.96. The maximum Gasteiger partial charge on any atom is 0.433 e. The minimum atomic E-state index is -4.57. The van der Waals surface area contributed by atoms with Crippen molar-refractivity contribution in [1.29, 1.82) is 0 Å². The number of halogens is 3. The molecule has 27 heavy (non-hydrogen) atoms. The average molecular weight is 370 g/mol. The van der Waals surface area contributed by atoms with Crippen LogP contribution < -0.4 is 5.73 Å². The van der Waals surface area contributed by atoms with Crippen LogP contribution in [0.15, 0.2) is 48.8 Å². The maximum atomic E-state index is 13.3. The van der Waals surface area contributed by atoms with Gasteiger partial charge in [-0.3, -0.25) is 4.40 Å². The highest BCUT2D eigenvalue weighted by molar-refractivity contribution is 5.90. The summed E-state index contributed by atoms with van der Waals surface area (Å²) in [7, 11) is 0. The highest BCUT2D eigenvalue weighted by Gasteiger charge is 2.33. The summed E-state index contributed by atoms with van der Waals surface area (Å²) in [6.45, 7) is 1.51. The molecule has 0 amide bonds. The number of nitrogens with two attached hydrogens (primary N) is 1. The molecule has 0 radical (unpaired) electrons. The van der Waals surface area contributed by atoms with Crippen molar-refractivity contribution in [3.05, 3.63) is 60.2 Å². The van der Waals surface area contributed by atoms with Crippen molar-refractivity contribution in [3.63, 3.8) is 0 Å². The van der Waals surface area contributed by atoms with Gasteiger partial charge in [0.1, 0.15) is 12.0 Å². The van der Waals surface area contributed by atoms with E-state index in [1.807, 2.05) is 18.2 Å². The van der Waals surface area contributed by atoms with E-state index in [0.717, 1.165) is 6.07 Å². The minimum absolute atomic E-state index is 0.138. The lowest BCUT2D eigenvalue weighted by Crippen LogP contribution is -2.10. The van der Waals surface area contributed by atoms with E-state index in [0.29, 0.717) is 28.0 Å². The van der Waals surface area contributed by atoms with E-state index in [9.17, 15) is 13.2 Å². The van der Waals surface area contributed by atoms with Gasteiger partial charge in [-0.15, -0.1) is 10.2 Å². The fraction of sp³-hybridized carbons (Fsp3) is 0.111. The first kappa shape index (κ1) is 17.0. The van der Waals surface area contributed by atoms with E-state index < -0.39 is 11.9 Å². The van der Waals surface area contributed by atoms with E-state index in [4.69, 9.17) is 5.73 Å². The molecular formula is C18H13F3N6. The summed E-state index contributed by atoms with van der Waals surface area (Å²) in [5.74, 6) is 0.138. The predicted octanol–water partition coefficient (Wildman–Crippen LogP) is 3.76. The molecule has 136 valence electrons. The number of aromatic nitrogens is 5. The van der Waals surface area contributed by atoms with Gasteiger partial charge < -0.3 is 5.73 Å². The van der Waals surface area contributed by atoms with Crippen LogP contribution in [0.5, 0.6) is 0 Å². The zero-order valence-electron chi connectivity index (χ0n) is 14.1. The molecule has 0 aliphatic carbocycles. The Morgan fingerprint density at radius 2 is 1.74 bits per heavy atom. The molecule has 0 saturated heterocycles. The van der Waals surface area contributed by atoms with Gasteiger partial charge in [-0.1, -0.05) is 30.3 Å². The molecule has 0 spiro atoms. The summed E-state index contributed by atoms with van der Waals surface area (Å²) in [6.07, 6.45) is -3.20. The monoisotopic (exact) mass is 370 g/mol. The van der Waals surface area contributed by atoms with Crippen molar-refractivity contribution < 1.29 is 13.2 Å². The molecule has 4 rings (SSSR count). The van der Waals surface area contributed by atoms with Gasteiger partial charge >= 0.3 is 6.18 Å². The van der Waals surface area contributed by atoms with Crippen molar-refractivity contribution in [1.82, 2.24) is 24.6 Å². The number of aryl methyl sites for hydroxylation is 1. The maximum absolute atomic E-state index is 13.3. The summed E-state index contributed by atoms with van der Waals surface area (Å²) >= 11 is 0. The van der Waals surface area contributed by atoms with Gasteiger partial charge in [0.15, 0.2) is 5.65 Å². The molecule has 4 aromatic rings. The Hall–Kier alpha value is -3.49. The number of pyridine rings is 1. The second-order valence-electron chi connectivity index (χ2n) is 5.96. The van der Waals surface area contributed by atoms with Crippen LogP contribution in [0.25, 0.3) is 28.0 Å². The van der Waals surface area contributed by atoms with E-state index in [2.05, 4.69) is 20.2 Å². The SMILES string of the molecule is Cc1cc(-c2c(-c3ccccc3)nc(N)n3cnnc23)cc(C(F)(F)F)n1. The standard InChI is InChI=1S/C18H13F3N6/c1-10-7-12(8-13(24-10)18(19,20)21)14-15(11-5-3-2-4-6-11)25-17(22)27-9-23-26-16(14)27/h2-9H,1H3,(H2,22,25). The third-order valence-corrected chi connectivity index (χ3v) is 4.06. The Labute approximate surface area is 151 Å². The van der Waals surface area contributed by atoms with Gasteiger partial charge in [0.2, 0.25) is 5.95 Å². The molecule has 0 saturated carbocycles. The summed E-state index contributed by atoms with van der Waals surface area (Å²) < 4.78 is 41.3. The lowest BCUT2D eigenvalue weighted by molar-refractivity contribution is -0.141. The number of nitrogens with zero attached hydrogens (tertiary/aromatic N) is 5. The molecule has 1 aromatic carbocycles. The van der Waals surface area contributed by atoms with Gasteiger partial charge in [0, 0.05) is 11.3 Å². The quantitative estimate of drug-likeness (QED) is 0.581. The Bertz CT molecular complexity index is 1140. The second kappa shape index (κ2) is 6.04. The number of hydrogen-bond donors (Lipinski definition) is 1. The zero-order chi connectivity index (χ0) is 19.2. The number of anilines is 1. The Kier molecular flexibility index (Phi) is 3.79. The topological polar surface area (TPSA) is 82.0 Å². The number of fused-ring (bicyclic) bond motifs is 1. The highest BCUT2D eigenvalue weighted by atomic mass is 19.4. The summed E-state index contributed by atoms with van der Waals surface area (Å²) in [5.41, 5.74) is 7.39. The normalized spacial score (nSPS) is 11.9. The number of rotatable bonds is 2. The summed E-state index contributed by atoms with van der Waals surface area (Å²) in [4.78, 5) is 8.01. The van der Waals surface area contributed by atoms with Gasteiger partial charge in [-0.25, -0.2) is 9.97 Å². The third-order valence-electron chi connectivity index (χ3n) is 4.06. The minimum Gasteiger partial charge on any atom is -0.369 e. The molecule has 0 atom stereocenters. The predicted molar refractivity (Wildman–Crippen MR) is 93.6 cm³/mol. The molecule has 2 N–H and O–H groups in total. The van der Waals surface area contributed by atoms with Gasteiger partial charge in [0.05, 0.1) is 11.3 Å². The fourth-order valence-corrected chi connectivity index (χ4v) is 2.93.